The van der Waals surface area contributed by atoms with E-state index in [-0.39, 0.29) is 13.4 Å². The van der Waals surface area contributed by atoms with Crippen molar-refractivity contribution in [3.8, 4) is 67.5 Å². The third kappa shape index (κ3) is 6.94. The fourth-order valence-corrected chi connectivity index (χ4v) is 12.6. The van der Waals surface area contributed by atoms with Gasteiger partial charge in [-0.05, 0) is 139 Å². The van der Waals surface area contributed by atoms with Gasteiger partial charge in [0.15, 0.2) is 0 Å². The maximum absolute atomic E-state index is 7.75. The molecule has 358 valence electrons. The van der Waals surface area contributed by atoms with E-state index < -0.39 is 0 Å². The van der Waals surface area contributed by atoms with E-state index in [0.29, 0.717) is 0 Å². The van der Waals surface area contributed by atoms with Gasteiger partial charge in [-0.25, -0.2) is 0 Å². The molecule has 11 aromatic carbocycles. The second-order valence-electron chi connectivity index (χ2n) is 20.5. The normalized spacial score (nSPS) is 13.1. The van der Waals surface area contributed by atoms with E-state index in [4.69, 9.17) is 9.47 Å². The molecule has 11 aromatic rings. The zero-order chi connectivity index (χ0) is 50.4. The summed E-state index contributed by atoms with van der Waals surface area (Å²) < 4.78 is 15.5. The average molecular weight is 973 g/mol. The Hall–Kier alpha value is -9.25. The molecular weight excluding hydrogens is 922 g/mol. The van der Waals surface area contributed by atoms with E-state index >= 15 is 0 Å². The van der Waals surface area contributed by atoms with Crippen LogP contribution in [0.4, 0.5) is 34.1 Å². The summed E-state index contributed by atoms with van der Waals surface area (Å²) in [6.45, 7) is 4.09. The van der Waals surface area contributed by atoms with Crippen molar-refractivity contribution >= 4 is 80.3 Å². The van der Waals surface area contributed by atoms with Crippen LogP contribution in [0.25, 0.3) is 44.5 Å². The van der Waals surface area contributed by atoms with Gasteiger partial charge in [0.05, 0.1) is 11.4 Å². The Balaban J connectivity index is 1.07. The first kappa shape index (κ1) is 44.3. The summed E-state index contributed by atoms with van der Waals surface area (Å²) in [4.78, 5) is 4.97. The highest BCUT2D eigenvalue weighted by Gasteiger charge is 2.52. The lowest BCUT2D eigenvalue weighted by Crippen LogP contribution is -2.64. The van der Waals surface area contributed by atoms with Crippen molar-refractivity contribution in [1.82, 2.24) is 0 Å². The molecule has 4 heterocycles. The van der Waals surface area contributed by atoms with E-state index in [0.717, 1.165) is 103 Å². The van der Waals surface area contributed by atoms with E-state index in [2.05, 4.69) is 266 Å². The summed E-state index contributed by atoms with van der Waals surface area (Å²) in [6.07, 6.45) is 1.81. The topological polar surface area (TPSA) is 24.9 Å². The van der Waals surface area contributed by atoms with Crippen LogP contribution >= 0.6 is 0 Å². The molecule has 0 aliphatic carbocycles. The quantitative estimate of drug-likeness (QED) is 0.142. The number of anilines is 6. The Labute approximate surface area is 445 Å². The summed E-state index contributed by atoms with van der Waals surface area (Å²) >= 11 is 0. The number of hydrogen-bond donors (Lipinski definition) is 0. The molecule has 4 nitrogen and oxygen atoms in total. The minimum Gasteiger partial charge on any atom is -0.456 e. The lowest BCUT2D eigenvalue weighted by molar-refractivity contribution is 0.477. The summed E-state index contributed by atoms with van der Waals surface area (Å²) in [5.41, 5.74) is 25.2. The molecule has 0 fully saturated rings. The third-order valence-electron chi connectivity index (χ3n) is 16.3. The first-order valence-corrected chi connectivity index (χ1v) is 26.7. The van der Waals surface area contributed by atoms with Crippen LogP contribution in [0.15, 0.2) is 243 Å². The fraction of sp³-hybridized carbons (Fsp3) is 0.0571. The van der Waals surface area contributed by atoms with Crippen LogP contribution in [0.2, 0.25) is 0 Å². The molecule has 0 N–H and O–H groups in total. The minimum absolute atomic E-state index is 0.199. The Morgan fingerprint density at radius 1 is 0.316 bits per heavy atom. The highest BCUT2D eigenvalue weighted by Crippen LogP contribution is 2.54. The van der Waals surface area contributed by atoms with Crippen molar-refractivity contribution in [2.24, 2.45) is 0 Å². The lowest BCUT2D eigenvalue weighted by atomic mass is 9.31. The molecule has 0 atom stereocenters. The van der Waals surface area contributed by atoms with Crippen LogP contribution < -0.4 is 52.1 Å². The number of aryl methyl sites for hydroxylation is 2. The molecule has 4 aliphatic rings. The van der Waals surface area contributed by atoms with E-state index in [1.54, 1.807) is 0 Å². The Morgan fingerprint density at radius 3 is 1.00 bits per heavy atom. The van der Waals surface area contributed by atoms with Gasteiger partial charge in [-0.15, -0.1) is 0 Å². The average Bonchev–Trinajstić information content (AvgIpc) is 3.67. The molecule has 0 saturated heterocycles. The summed E-state index contributed by atoms with van der Waals surface area (Å²) in [7, 11) is 0. The standard InChI is InChI=1S/C70H50B2N2O2/c1-3-45-25-39-63-59(41-45)71-57-43-53(49-21-13-7-14-22-49)31-37-61(57)73(55-33-27-51(28-34-55)47-17-9-5-10-18-47)67-65(71)69(75-63)68-66-70(67)76-64-40-26-46(4-2)42-60(64)72(66)58-44-54(50-23-15-8-16-24-50)32-38-62(58)74(68)56-35-29-52(30-36-56)48-19-11-6-12-20-48/h5-44H,3-4H2,1-2H3. The van der Waals surface area contributed by atoms with Crippen molar-refractivity contribution in [2.75, 3.05) is 9.80 Å². The van der Waals surface area contributed by atoms with Gasteiger partial charge in [-0.2, -0.15) is 0 Å². The maximum Gasteiger partial charge on any atom is 0.256 e. The molecular formula is C70H50B2N2O2. The largest absolute Gasteiger partial charge is 0.456 e. The van der Waals surface area contributed by atoms with Crippen molar-refractivity contribution < 1.29 is 9.47 Å². The molecule has 0 amide bonds. The highest BCUT2D eigenvalue weighted by atomic mass is 16.5. The van der Waals surface area contributed by atoms with Crippen LogP contribution in [0.3, 0.4) is 0 Å². The van der Waals surface area contributed by atoms with Crippen LogP contribution in [0.5, 0.6) is 23.0 Å². The monoisotopic (exact) mass is 972 g/mol. The van der Waals surface area contributed by atoms with Gasteiger partial charge in [-0.1, -0.05) is 208 Å². The summed E-state index contributed by atoms with van der Waals surface area (Å²) in [5, 5.41) is 0. The Bertz CT molecular complexity index is 3810. The Morgan fingerprint density at radius 2 is 0.645 bits per heavy atom. The molecule has 0 bridgehead atoms. The van der Waals surface area contributed by atoms with Gasteiger partial charge >= 0.3 is 0 Å². The van der Waals surface area contributed by atoms with E-state index in [1.807, 2.05) is 0 Å². The van der Waals surface area contributed by atoms with Crippen molar-refractivity contribution in [2.45, 2.75) is 26.7 Å². The maximum atomic E-state index is 7.75. The molecule has 4 aliphatic heterocycles. The SMILES string of the molecule is CCc1ccc2c(c1)B1c3cc(-c4ccccc4)ccc3N(c3ccc(-c4ccccc4)cc3)c3c4c5c(c(c31)O2)N(c1ccc(-c2ccccc2)cc1)c1ccc(-c2ccccc2)cc1B5c1cc(CC)ccc1O4. The van der Waals surface area contributed by atoms with E-state index in [9.17, 15) is 0 Å². The smallest absolute Gasteiger partial charge is 0.256 e. The number of rotatable bonds is 8. The first-order chi connectivity index (χ1) is 37.6. The molecule has 15 rings (SSSR count). The first-order valence-electron chi connectivity index (χ1n) is 26.7. The summed E-state index contributed by atoms with van der Waals surface area (Å²) in [5.74, 6) is 3.46. The van der Waals surface area contributed by atoms with Crippen molar-refractivity contribution in [3.63, 3.8) is 0 Å². The number of fused-ring (bicyclic) bond motifs is 10. The van der Waals surface area contributed by atoms with Gasteiger partial charge in [0.1, 0.15) is 23.0 Å². The second-order valence-corrected chi connectivity index (χ2v) is 20.5. The van der Waals surface area contributed by atoms with Crippen molar-refractivity contribution in [3.05, 3.63) is 254 Å². The van der Waals surface area contributed by atoms with Gasteiger partial charge in [0, 0.05) is 33.7 Å². The predicted octanol–water partition coefficient (Wildman–Crippen LogP) is 14.3. The van der Waals surface area contributed by atoms with Crippen molar-refractivity contribution in [1.29, 1.82) is 0 Å². The minimum atomic E-state index is -0.199. The van der Waals surface area contributed by atoms with Crippen LogP contribution in [-0.2, 0) is 12.8 Å². The van der Waals surface area contributed by atoms with Gasteiger partial charge in [0.2, 0.25) is 0 Å². The number of nitrogens with zero attached hydrogens (tertiary/aromatic N) is 2. The zero-order valence-electron chi connectivity index (χ0n) is 42.4. The lowest BCUT2D eigenvalue weighted by Gasteiger charge is -2.47. The van der Waals surface area contributed by atoms with Crippen LogP contribution in [0, 0.1) is 0 Å². The van der Waals surface area contributed by atoms with Gasteiger partial charge in [-0.3, -0.25) is 0 Å². The molecule has 0 saturated carbocycles. The molecule has 0 aromatic heterocycles. The second kappa shape index (κ2) is 17.7. The number of hydrogen-bond acceptors (Lipinski definition) is 4. The van der Waals surface area contributed by atoms with Crippen LogP contribution in [0.1, 0.15) is 25.0 Å². The molecule has 6 heteroatoms. The van der Waals surface area contributed by atoms with Gasteiger partial charge in [0.25, 0.3) is 13.4 Å². The van der Waals surface area contributed by atoms with Crippen LogP contribution in [-0.4, -0.2) is 13.4 Å². The molecule has 0 unspecified atom stereocenters. The number of ether oxygens (including phenoxy) is 2. The fourth-order valence-electron chi connectivity index (χ4n) is 12.6. The number of benzene rings is 11. The van der Waals surface area contributed by atoms with Gasteiger partial charge < -0.3 is 19.3 Å². The molecule has 76 heavy (non-hydrogen) atoms. The zero-order valence-corrected chi connectivity index (χ0v) is 42.4. The predicted molar refractivity (Wildman–Crippen MR) is 319 cm³/mol. The molecule has 0 radical (unpaired) electrons. The summed E-state index contributed by atoms with van der Waals surface area (Å²) in [6, 6.07) is 89.0. The third-order valence-corrected chi connectivity index (χ3v) is 16.3. The Kier molecular flexibility index (Phi) is 10.3. The molecule has 0 spiro atoms. The highest BCUT2D eigenvalue weighted by molar-refractivity contribution is 7.02. The van der Waals surface area contributed by atoms with E-state index in [1.165, 1.54) is 55.4 Å².